The molecule has 2 saturated heterocycles. The molecule has 3 heteroatoms. The van der Waals surface area contributed by atoms with E-state index in [1.165, 1.54) is 69.7 Å². The molecule has 1 unspecified atom stereocenters. The van der Waals surface area contributed by atoms with Crippen molar-refractivity contribution in [3.05, 3.63) is 0 Å². The lowest BCUT2D eigenvalue weighted by Gasteiger charge is -2.39. The van der Waals surface area contributed by atoms with Crippen molar-refractivity contribution in [1.29, 1.82) is 0 Å². The van der Waals surface area contributed by atoms with Gasteiger partial charge in [-0.25, -0.2) is 0 Å². The summed E-state index contributed by atoms with van der Waals surface area (Å²) < 4.78 is 0. The van der Waals surface area contributed by atoms with Crippen molar-refractivity contribution in [2.45, 2.75) is 50.6 Å². The van der Waals surface area contributed by atoms with Crippen molar-refractivity contribution in [3.8, 4) is 0 Å². The minimum absolute atomic E-state index is 0.822. The van der Waals surface area contributed by atoms with E-state index in [1.54, 1.807) is 0 Å². The molecule has 3 aliphatic rings. The number of rotatable bonds is 4. The van der Waals surface area contributed by atoms with Gasteiger partial charge in [0, 0.05) is 17.8 Å². The highest BCUT2D eigenvalue weighted by Gasteiger charge is 2.27. The summed E-state index contributed by atoms with van der Waals surface area (Å²) in [5.41, 5.74) is 0. The van der Waals surface area contributed by atoms with Gasteiger partial charge in [-0.1, -0.05) is 0 Å². The third-order valence-electron chi connectivity index (χ3n) is 4.57. The van der Waals surface area contributed by atoms with Crippen LogP contribution >= 0.6 is 11.8 Å². The van der Waals surface area contributed by atoms with Crippen molar-refractivity contribution in [2.75, 3.05) is 31.1 Å². The van der Waals surface area contributed by atoms with Gasteiger partial charge in [0.1, 0.15) is 0 Å². The Kier molecular flexibility index (Phi) is 4.30. The zero-order valence-electron chi connectivity index (χ0n) is 10.9. The van der Waals surface area contributed by atoms with E-state index in [2.05, 4.69) is 22.0 Å². The predicted octanol–water partition coefficient (Wildman–Crippen LogP) is 2.35. The van der Waals surface area contributed by atoms with Crippen LogP contribution in [0.15, 0.2) is 0 Å². The van der Waals surface area contributed by atoms with E-state index >= 15 is 0 Å². The van der Waals surface area contributed by atoms with Gasteiger partial charge in [0.15, 0.2) is 0 Å². The van der Waals surface area contributed by atoms with E-state index in [9.17, 15) is 0 Å². The molecule has 0 bridgehead atoms. The highest BCUT2D eigenvalue weighted by molar-refractivity contribution is 7.99. The Morgan fingerprint density at radius 3 is 2.53 bits per heavy atom. The van der Waals surface area contributed by atoms with Crippen LogP contribution in [0.25, 0.3) is 0 Å². The van der Waals surface area contributed by atoms with Gasteiger partial charge in [-0.05, 0) is 69.8 Å². The lowest BCUT2D eigenvalue weighted by atomic mass is 10.0. The molecule has 0 spiro atoms. The second kappa shape index (κ2) is 5.94. The number of hydrogen-bond acceptors (Lipinski definition) is 3. The fraction of sp³-hybridized carbons (Fsp3) is 1.00. The summed E-state index contributed by atoms with van der Waals surface area (Å²) in [7, 11) is 0. The minimum atomic E-state index is 0.822. The Morgan fingerprint density at radius 2 is 1.88 bits per heavy atom. The van der Waals surface area contributed by atoms with Crippen LogP contribution in [0.4, 0.5) is 0 Å². The number of hydrogen-bond donors (Lipinski definition) is 1. The zero-order valence-corrected chi connectivity index (χ0v) is 11.7. The predicted molar refractivity (Wildman–Crippen MR) is 75.7 cm³/mol. The minimum Gasteiger partial charge on any atom is -0.314 e. The number of piperidine rings is 1. The van der Waals surface area contributed by atoms with E-state index in [0.29, 0.717) is 0 Å². The first-order valence-corrected chi connectivity index (χ1v) is 8.62. The first-order chi connectivity index (χ1) is 8.42. The summed E-state index contributed by atoms with van der Waals surface area (Å²) in [5.74, 6) is 3.82. The number of nitrogens with zero attached hydrogens (tertiary/aromatic N) is 1. The average Bonchev–Trinajstić information content (AvgIpc) is 3.22. The molecule has 0 aromatic rings. The standard InChI is InChI=1S/C14H26N2S/c1-2-14(11-17-9-1)16-7-5-13(6-8-16)15-10-12-3-4-12/h12-15H,1-11H2. The van der Waals surface area contributed by atoms with Crippen LogP contribution in [0.1, 0.15) is 38.5 Å². The molecule has 2 aliphatic heterocycles. The monoisotopic (exact) mass is 254 g/mol. The number of nitrogens with one attached hydrogen (secondary N) is 1. The molecule has 0 radical (unpaired) electrons. The van der Waals surface area contributed by atoms with Crippen molar-refractivity contribution in [2.24, 2.45) is 5.92 Å². The van der Waals surface area contributed by atoms with E-state index < -0.39 is 0 Å². The summed E-state index contributed by atoms with van der Waals surface area (Å²) in [5, 5.41) is 3.78. The van der Waals surface area contributed by atoms with Gasteiger partial charge in [-0.3, -0.25) is 4.90 Å². The molecule has 17 heavy (non-hydrogen) atoms. The summed E-state index contributed by atoms with van der Waals surface area (Å²) in [6.07, 6.45) is 8.61. The van der Waals surface area contributed by atoms with Crippen LogP contribution in [0.3, 0.4) is 0 Å². The van der Waals surface area contributed by atoms with Crippen molar-refractivity contribution in [1.82, 2.24) is 10.2 Å². The SMILES string of the molecule is C1CSCC(N2CCC(NCC3CC3)CC2)C1. The fourth-order valence-electron chi connectivity index (χ4n) is 3.14. The number of likely N-dealkylation sites (tertiary alicyclic amines) is 1. The normalized spacial score (nSPS) is 32.8. The van der Waals surface area contributed by atoms with Gasteiger partial charge < -0.3 is 5.32 Å². The van der Waals surface area contributed by atoms with Crippen LogP contribution in [-0.2, 0) is 0 Å². The van der Waals surface area contributed by atoms with Gasteiger partial charge in [0.25, 0.3) is 0 Å². The maximum absolute atomic E-state index is 3.78. The molecule has 1 atom stereocenters. The van der Waals surface area contributed by atoms with Crippen LogP contribution in [0.5, 0.6) is 0 Å². The summed E-state index contributed by atoms with van der Waals surface area (Å²) in [6, 6.07) is 1.72. The molecule has 2 nitrogen and oxygen atoms in total. The Hall–Kier alpha value is 0.270. The van der Waals surface area contributed by atoms with Gasteiger partial charge in [0.2, 0.25) is 0 Å². The largest absolute Gasteiger partial charge is 0.314 e. The molecular weight excluding hydrogens is 228 g/mol. The topological polar surface area (TPSA) is 15.3 Å². The second-order valence-electron chi connectivity index (χ2n) is 6.03. The van der Waals surface area contributed by atoms with Crippen LogP contribution < -0.4 is 5.32 Å². The van der Waals surface area contributed by atoms with Crippen molar-refractivity contribution < 1.29 is 0 Å². The zero-order chi connectivity index (χ0) is 11.5. The molecule has 3 rings (SSSR count). The van der Waals surface area contributed by atoms with Gasteiger partial charge in [-0.2, -0.15) is 11.8 Å². The van der Waals surface area contributed by atoms with Crippen LogP contribution in [0, 0.1) is 5.92 Å². The molecule has 1 aliphatic carbocycles. The maximum atomic E-state index is 3.78. The molecule has 2 heterocycles. The highest BCUT2D eigenvalue weighted by atomic mass is 32.2. The quantitative estimate of drug-likeness (QED) is 0.829. The maximum Gasteiger partial charge on any atom is 0.0186 e. The lowest BCUT2D eigenvalue weighted by Crippen LogP contribution is -2.48. The van der Waals surface area contributed by atoms with Crippen LogP contribution in [0.2, 0.25) is 0 Å². The molecule has 1 N–H and O–H groups in total. The smallest absolute Gasteiger partial charge is 0.0186 e. The third-order valence-corrected chi connectivity index (χ3v) is 5.77. The van der Waals surface area contributed by atoms with Gasteiger partial charge >= 0.3 is 0 Å². The molecule has 98 valence electrons. The van der Waals surface area contributed by atoms with Crippen LogP contribution in [-0.4, -0.2) is 48.1 Å². The summed E-state index contributed by atoms with van der Waals surface area (Å²) >= 11 is 2.16. The molecule has 0 amide bonds. The Bertz CT molecular complexity index is 228. The molecule has 3 fully saturated rings. The fourth-order valence-corrected chi connectivity index (χ4v) is 4.32. The van der Waals surface area contributed by atoms with Gasteiger partial charge in [-0.15, -0.1) is 0 Å². The Morgan fingerprint density at radius 1 is 1.06 bits per heavy atom. The third kappa shape index (κ3) is 3.62. The molecule has 0 aromatic heterocycles. The lowest BCUT2D eigenvalue weighted by molar-refractivity contribution is 0.146. The first-order valence-electron chi connectivity index (χ1n) is 7.47. The number of thioether (sulfide) groups is 1. The molecule has 1 saturated carbocycles. The van der Waals surface area contributed by atoms with E-state index in [-0.39, 0.29) is 0 Å². The molecule has 0 aromatic carbocycles. The van der Waals surface area contributed by atoms with Gasteiger partial charge in [0.05, 0.1) is 0 Å². The van der Waals surface area contributed by atoms with Crippen molar-refractivity contribution >= 4 is 11.8 Å². The second-order valence-corrected chi connectivity index (χ2v) is 7.18. The van der Waals surface area contributed by atoms with Crippen molar-refractivity contribution in [3.63, 3.8) is 0 Å². The van der Waals surface area contributed by atoms with E-state index in [0.717, 1.165) is 18.0 Å². The highest BCUT2D eigenvalue weighted by Crippen LogP contribution is 2.28. The average molecular weight is 254 g/mol. The summed E-state index contributed by atoms with van der Waals surface area (Å²) in [6.45, 7) is 3.98. The Balaban J connectivity index is 1.36. The van der Waals surface area contributed by atoms with E-state index in [4.69, 9.17) is 0 Å². The Labute approximate surface area is 110 Å². The van der Waals surface area contributed by atoms with E-state index in [1.807, 2.05) is 0 Å². The first kappa shape index (κ1) is 12.3. The summed E-state index contributed by atoms with van der Waals surface area (Å²) in [4.78, 5) is 2.77. The molecular formula is C14H26N2S.